The fourth-order valence-electron chi connectivity index (χ4n) is 2.38. The fourth-order valence-corrected chi connectivity index (χ4v) is 4.36. The van der Waals surface area contributed by atoms with Crippen LogP contribution in [-0.2, 0) is 12.2 Å². The van der Waals surface area contributed by atoms with Crippen LogP contribution in [0.3, 0.4) is 0 Å². The molecule has 0 aliphatic rings. The molecule has 2 aromatic carbocycles. The zero-order valence-electron chi connectivity index (χ0n) is 12.7. The molecule has 0 aliphatic heterocycles. The predicted octanol–water partition coefficient (Wildman–Crippen LogP) is 6.59. The third kappa shape index (κ3) is 4.70. The van der Waals surface area contributed by atoms with E-state index in [9.17, 15) is 0 Å². The molecule has 3 rings (SSSR count). The van der Waals surface area contributed by atoms with E-state index < -0.39 is 0 Å². The number of halogens is 3. The Morgan fingerprint density at radius 2 is 1.75 bits per heavy atom. The summed E-state index contributed by atoms with van der Waals surface area (Å²) in [5.74, 6) is 1.80. The summed E-state index contributed by atoms with van der Waals surface area (Å²) in [7, 11) is 0. The number of imidazole rings is 1. The van der Waals surface area contributed by atoms with Gasteiger partial charge in [-0.2, -0.15) is 0 Å². The van der Waals surface area contributed by atoms with Crippen molar-refractivity contribution in [3.63, 3.8) is 0 Å². The number of aromatic nitrogens is 2. The number of thioether (sulfide) groups is 1. The molecule has 0 spiro atoms. The second-order valence-electron chi connectivity index (χ2n) is 5.33. The molecular formula is C18H15Cl3N2S. The average molecular weight is 398 g/mol. The number of hydrogen-bond acceptors (Lipinski definition) is 2. The van der Waals surface area contributed by atoms with Gasteiger partial charge in [-0.1, -0.05) is 53.0 Å². The summed E-state index contributed by atoms with van der Waals surface area (Å²) in [5.41, 5.74) is 2.29. The normalized spacial score (nSPS) is 12.3. The van der Waals surface area contributed by atoms with Gasteiger partial charge in [-0.3, -0.25) is 0 Å². The van der Waals surface area contributed by atoms with Crippen LogP contribution in [0.5, 0.6) is 0 Å². The predicted molar refractivity (Wildman–Crippen MR) is 104 cm³/mol. The molecule has 0 radical (unpaired) electrons. The van der Waals surface area contributed by atoms with Crippen LogP contribution in [0.2, 0.25) is 15.1 Å². The monoisotopic (exact) mass is 396 g/mol. The highest BCUT2D eigenvalue weighted by atomic mass is 35.5. The molecule has 0 saturated heterocycles. The van der Waals surface area contributed by atoms with E-state index >= 15 is 0 Å². The van der Waals surface area contributed by atoms with Crippen molar-refractivity contribution in [2.45, 2.75) is 17.4 Å². The molecule has 0 amide bonds. The molecule has 1 N–H and O–H groups in total. The minimum Gasteiger partial charge on any atom is -0.349 e. The summed E-state index contributed by atoms with van der Waals surface area (Å²) in [6, 6.07) is 13.6. The molecule has 6 heteroatoms. The first kappa shape index (κ1) is 17.7. The minimum absolute atomic E-state index is 0.177. The first-order valence-electron chi connectivity index (χ1n) is 7.41. The highest BCUT2D eigenvalue weighted by Crippen LogP contribution is 2.38. The smallest absolute Gasteiger partial charge is 0.107 e. The van der Waals surface area contributed by atoms with E-state index in [1.165, 1.54) is 5.56 Å². The maximum atomic E-state index is 6.42. The van der Waals surface area contributed by atoms with Crippen molar-refractivity contribution in [2.75, 3.05) is 0 Å². The van der Waals surface area contributed by atoms with Crippen LogP contribution in [0, 0.1) is 0 Å². The highest BCUT2D eigenvalue weighted by molar-refractivity contribution is 7.98. The van der Waals surface area contributed by atoms with Crippen molar-refractivity contribution >= 4 is 46.6 Å². The van der Waals surface area contributed by atoms with E-state index in [0.29, 0.717) is 10.0 Å². The van der Waals surface area contributed by atoms with Crippen LogP contribution in [-0.4, -0.2) is 9.97 Å². The Kier molecular flexibility index (Phi) is 6.12. The number of nitrogens with one attached hydrogen (secondary N) is 1. The molecule has 1 unspecified atom stereocenters. The van der Waals surface area contributed by atoms with Crippen molar-refractivity contribution < 1.29 is 0 Å². The van der Waals surface area contributed by atoms with Crippen molar-refractivity contribution in [1.29, 1.82) is 0 Å². The van der Waals surface area contributed by atoms with Gasteiger partial charge in [0.05, 0.1) is 0 Å². The topological polar surface area (TPSA) is 28.7 Å². The van der Waals surface area contributed by atoms with Gasteiger partial charge in [0.2, 0.25) is 0 Å². The summed E-state index contributed by atoms with van der Waals surface area (Å²) in [5, 5.41) is 2.25. The third-order valence-corrected chi connectivity index (χ3v) is 5.74. The molecule has 1 aromatic heterocycles. The quantitative estimate of drug-likeness (QED) is 0.508. The van der Waals surface area contributed by atoms with Gasteiger partial charge in [-0.15, -0.1) is 11.8 Å². The summed E-state index contributed by atoms with van der Waals surface area (Å²) in [4.78, 5) is 7.50. The van der Waals surface area contributed by atoms with E-state index in [1.807, 2.05) is 54.4 Å². The van der Waals surface area contributed by atoms with Gasteiger partial charge in [-0.25, -0.2) is 4.98 Å². The number of aromatic amines is 1. The van der Waals surface area contributed by atoms with Gasteiger partial charge < -0.3 is 4.98 Å². The maximum absolute atomic E-state index is 6.42. The van der Waals surface area contributed by atoms with Crippen LogP contribution < -0.4 is 0 Å². The lowest BCUT2D eigenvalue weighted by Crippen LogP contribution is -2.02. The Morgan fingerprint density at radius 1 is 1.00 bits per heavy atom. The summed E-state index contributed by atoms with van der Waals surface area (Å²) in [6.45, 7) is 0. The molecule has 124 valence electrons. The second kappa shape index (κ2) is 8.30. The summed E-state index contributed by atoms with van der Waals surface area (Å²) >= 11 is 20.2. The average Bonchev–Trinajstić information content (AvgIpc) is 3.06. The molecule has 0 bridgehead atoms. The summed E-state index contributed by atoms with van der Waals surface area (Å²) < 4.78 is 0. The SMILES string of the molecule is Clc1ccc(CSC(Cc2ncc[nH]2)c2ccc(Cl)cc2Cl)cc1. The Labute approximate surface area is 160 Å². The van der Waals surface area contributed by atoms with Crippen molar-refractivity contribution in [3.05, 3.63) is 86.9 Å². The van der Waals surface area contributed by atoms with Crippen molar-refractivity contribution in [3.8, 4) is 0 Å². The van der Waals surface area contributed by atoms with Gasteiger partial charge in [0.15, 0.2) is 0 Å². The first-order valence-corrected chi connectivity index (χ1v) is 9.59. The lowest BCUT2D eigenvalue weighted by Gasteiger charge is -2.18. The van der Waals surface area contributed by atoms with Crippen LogP contribution >= 0.6 is 46.6 Å². The van der Waals surface area contributed by atoms with Crippen LogP contribution in [0.4, 0.5) is 0 Å². The first-order chi connectivity index (χ1) is 11.6. The standard InChI is InChI=1S/C18H15Cl3N2S/c19-13-3-1-12(2-4-13)11-24-17(10-18-22-7-8-23-18)15-6-5-14(20)9-16(15)21/h1-9,17H,10-11H2,(H,22,23). The lowest BCUT2D eigenvalue weighted by molar-refractivity contribution is 0.863. The van der Waals surface area contributed by atoms with Crippen molar-refractivity contribution in [2.24, 2.45) is 0 Å². The fraction of sp³-hybridized carbons (Fsp3) is 0.167. The second-order valence-corrected chi connectivity index (χ2v) is 7.80. The molecule has 3 aromatic rings. The van der Waals surface area contributed by atoms with Gasteiger partial charge in [-0.05, 0) is 35.4 Å². The Balaban J connectivity index is 1.80. The van der Waals surface area contributed by atoms with E-state index in [1.54, 1.807) is 12.3 Å². The molecule has 2 nitrogen and oxygen atoms in total. The highest BCUT2D eigenvalue weighted by Gasteiger charge is 2.18. The Morgan fingerprint density at radius 3 is 2.42 bits per heavy atom. The Bertz CT molecular complexity index is 789. The van der Waals surface area contributed by atoms with Gasteiger partial charge in [0, 0.05) is 44.9 Å². The van der Waals surface area contributed by atoms with Gasteiger partial charge in [0.25, 0.3) is 0 Å². The largest absolute Gasteiger partial charge is 0.349 e. The molecule has 0 fully saturated rings. The number of H-pyrrole nitrogens is 1. The van der Waals surface area contributed by atoms with E-state index in [4.69, 9.17) is 34.8 Å². The number of hydrogen-bond donors (Lipinski definition) is 1. The number of rotatable bonds is 6. The minimum atomic E-state index is 0.177. The molecule has 1 atom stereocenters. The van der Waals surface area contributed by atoms with Gasteiger partial charge >= 0.3 is 0 Å². The lowest BCUT2D eigenvalue weighted by atomic mass is 10.1. The zero-order valence-corrected chi connectivity index (χ0v) is 15.8. The Hall–Kier alpha value is -1.13. The van der Waals surface area contributed by atoms with E-state index in [0.717, 1.165) is 28.6 Å². The number of nitrogens with zero attached hydrogens (tertiary/aromatic N) is 1. The summed E-state index contributed by atoms with van der Waals surface area (Å²) in [6.07, 6.45) is 4.37. The molecule has 24 heavy (non-hydrogen) atoms. The van der Waals surface area contributed by atoms with E-state index in [2.05, 4.69) is 9.97 Å². The molecule has 1 heterocycles. The van der Waals surface area contributed by atoms with Crippen molar-refractivity contribution in [1.82, 2.24) is 9.97 Å². The van der Waals surface area contributed by atoms with Crippen LogP contribution in [0.25, 0.3) is 0 Å². The number of benzene rings is 2. The molecule has 0 aliphatic carbocycles. The molecular weight excluding hydrogens is 383 g/mol. The van der Waals surface area contributed by atoms with Gasteiger partial charge in [0.1, 0.15) is 5.82 Å². The van der Waals surface area contributed by atoms with Crippen LogP contribution in [0.1, 0.15) is 22.2 Å². The van der Waals surface area contributed by atoms with Crippen LogP contribution in [0.15, 0.2) is 54.9 Å². The van der Waals surface area contributed by atoms with E-state index in [-0.39, 0.29) is 5.25 Å². The molecule has 0 saturated carbocycles. The maximum Gasteiger partial charge on any atom is 0.107 e. The zero-order chi connectivity index (χ0) is 16.9. The third-order valence-electron chi connectivity index (χ3n) is 3.61.